The lowest BCUT2D eigenvalue weighted by Gasteiger charge is -2.12. The first-order chi connectivity index (χ1) is 11.9. The molecule has 0 unspecified atom stereocenters. The number of benzene rings is 1. The highest BCUT2D eigenvalue weighted by molar-refractivity contribution is 6.06. The summed E-state index contributed by atoms with van der Waals surface area (Å²) in [6.45, 7) is 5.51. The monoisotopic (exact) mass is 338 g/mol. The summed E-state index contributed by atoms with van der Waals surface area (Å²) in [7, 11) is 0. The zero-order chi connectivity index (χ0) is 18.1. The number of nitrogens with one attached hydrogen (secondary N) is 2. The number of hydrogen-bond donors (Lipinski definition) is 2. The van der Waals surface area contributed by atoms with Crippen LogP contribution in [-0.2, 0) is 6.42 Å². The van der Waals surface area contributed by atoms with E-state index >= 15 is 0 Å². The van der Waals surface area contributed by atoms with Crippen LogP contribution < -0.4 is 16.5 Å². The summed E-state index contributed by atoms with van der Waals surface area (Å²) < 4.78 is 5.21. The van der Waals surface area contributed by atoms with Crippen molar-refractivity contribution >= 4 is 22.6 Å². The number of hydrogen-bond acceptors (Lipinski definition) is 4. The normalized spacial score (nSPS) is 10.8. The molecule has 128 valence electrons. The predicted octanol–water partition coefficient (Wildman–Crippen LogP) is 2.91. The molecule has 25 heavy (non-hydrogen) atoms. The van der Waals surface area contributed by atoms with Gasteiger partial charge in [-0.2, -0.15) is 0 Å². The minimum atomic E-state index is -0.401. The quantitative estimate of drug-likeness (QED) is 0.718. The number of aromatic amines is 1. The van der Waals surface area contributed by atoms with E-state index in [0.29, 0.717) is 28.9 Å². The second-order valence-electron chi connectivity index (χ2n) is 5.93. The molecule has 0 spiro atoms. The number of rotatable bonds is 3. The highest BCUT2D eigenvalue weighted by atomic mass is 16.4. The van der Waals surface area contributed by atoms with Crippen LogP contribution in [0.15, 0.2) is 44.3 Å². The average molecular weight is 338 g/mol. The number of amides is 1. The van der Waals surface area contributed by atoms with E-state index in [1.807, 2.05) is 20.8 Å². The first-order valence-electron chi connectivity index (χ1n) is 7.97. The Balaban J connectivity index is 2.03. The van der Waals surface area contributed by atoms with Crippen LogP contribution in [0.25, 0.3) is 11.0 Å². The van der Waals surface area contributed by atoms with Crippen molar-refractivity contribution in [2.24, 2.45) is 0 Å². The summed E-state index contributed by atoms with van der Waals surface area (Å²) in [6, 6.07) is 7.79. The van der Waals surface area contributed by atoms with Gasteiger partial charge in [0.15, 0.2) is 0 Å². The van der Waals surface area contributed by atoms with Crippen molar-refractivity contribution in [3.05, 3.63) is 73.5 Å². The second-order valence-corrected chi connectivity index (χ2v) is 5.93. The van der Waals surface area contributed by atoms with Crippen molar-refractivity contribution in [3.8, 4) is 0 Å². The Morgan fingerprint density at radius 2 is 1.88 bits per heavy atom. The van der Waals surface area contributed by atoms with E-state index in [-0.39, 0.29) is 11.5 Å². The minimum Gasteiger partial charge on any atom is -0.423 e. The SMILES string of the molecule is CCc1[nH]c(=O)ccc1C(=O)Nc1cc2c(C)cc(=O)oc2cc1C. The maximum absolute atomic E-state index is 12.6. The van der Waals surface area contributed by atoms with Gasteiger partial charge in [-0.15, -0.1) is 0 Å². The molecule has 1 amide bonds. The van der Waals surface area contributed by atoms with Gasteiger partial charge in [-0.25, -0.2) is 4.79 Å². The standard InChI is InChI=1S/C19H18N2O4/c1-4-14-12(5-6-17(22)20-14)19(24)21-15-9-13-10(2)8-18(23)25-16(13)7-11(15)3/h5-9H,4H2,1-3H3,(H,20,22)(H,21,24). The average Bonchev–Trinajstić information content (AvgIpc) is 2.55. The molecular weight excluding hydrogens is 320 g/mol. The van der Waals surface area contributed by atoms with E-state index in [1.54, 1.807) is 12.1 Å². The summed E-state index contributed by atoms with van der Waals surface area (Å²) in [6.07, 6.45) is 0.541. The zero-order valence-corrected chi connectivity index (χ0v) is 14.2. The lowest BCUT2D eigenvalue weighted by molar-refractivity contribution is 0.102. The minimum absolute atomic E-state index is 0.235. The van der Waals surface area contributed by atoms with Gasteiger partial charge in [0.1, 0.15) is 5.58 Å². The first-order valence-corrected chi connectivity index (χ1v) is 7.97. The third-order valence-electron chi connectivity index (χ3n) is 4.14. The fourth-order valence-electron chi connectivity index (χ4n) is 2.80. The number of H-pyrrole nitrogens is 1. The molecule has 3 rings (SSSR count). The van der Waals surface area contributed by atoms with Crippen LogP contribution >= 0.6 is 0 Å². The zero-order valence-electron chi connectivity index (χ0n) is 14.2. The lowest BCUT2D eigenvalue weighted by Crippen LogP contribution is -2.19. The first kappa shape index (κ1) is 16.7. The van der Waals surface area contributed by atoms with Gasteiger partial charge >= 0.3 is 5.63 Å². The molecule has 3 aromatic rings. The number of fused-ring (bicyclic) bond motifs is 1. The van der Waals surface area contributed by atoms with Gasteiger partial charge in [-0.3, -0.25) is 9.59 Å². The van der Waals surface area contributed by atoms with Crippen molar-refractivity contribution in [2.75, 3.05) is 5.32 Å². The van der Waals surface area contributed by atoms with Crippen molar-refractivity contribution in [1.82, 2.24) is 4.98 Å². The molecule has 0 saturated carbocycles. The van der Waals surface area contributed by atoms with Crippen molar-refractivity contribution < 1.29 is 9.21 Å². The molecule has 0 bridgehead atoms. The van der Waals surface area contributed by atoms with Gasteiger partial charge in [-0.05, 0) is 49.6 Å². The van der Waals surface area contributed by atoms with E-state index in [2.05, 4.69) is 10.3 Å². The maximum atomic E-state index is 12.6. The Hall–Kier alpha value is -3.15. The molecule has 0 aliphatic rings. The molecule has 6 heteroatoms. The van der Waals surface area contributed by atoms with Crippen LogP contribution in [0.1, 0.15) is 34.1 Å². The van der Waals surface area contributed by atoms with Crippen molar-refractivity contribution in [2.45, 2.75) is 27.2 Å². The largest absolute Gasteiger partial charge is 0.423 e. The fourth-order valence-corrected chi connectivity index (χ4v) is 2.80. The summed E-state index contributed by atoms with van der Waals surface area (Å²) in [5.41, 5.74) is 3.05. The molecule has 0 radical (unpaired) electrons. The molecule has 2 N–H and O–H groups in total. The van der Waals surface area contributed by atoms with Gasteiger partial charge in [0.25, 0.3) is 5.91 Å². The highest BCUT2D eigenvalue weighted by Gasteiger charge is 2.14. The second kappa shape index (κ2) is 6.39. The third-order valence-corrected chi connectivity index (χ3v) is 4.14. The molecule has 0 aliphatic carbocycles. The van der Waals surface area contributed by atoms with Gasteiger partial charge in [0, 0.05) is 28.9 Å². The van der Waals surface area contributed by atoms with Gasteiger partial charge < -0.3 is 14.7 Å². The van der Waals surface area contributed by atoms with Gasteiger partial charge in [-0.1, -0.05) is 6.92 Å². The number of aryl methyl sites for hydroxylation is 3. The topological polar surface area (TPSA) is 92.2 Å². The molecule has 0 fully saturated rings. The maximum Gasteiger partial charge on any atom is 0.336 e. The summed E-state index contributed by atoms with van der Waals surface area (Å²) in [4.78, 5) is 38.2. The Morgan fingerprint density at radius 3 is 2.60 bits per heavy atom. The third kappa shape index (κ3) is 3.24. The number of carbonyl (C=O) groups excluding carboxylic acids is 1. The van der Waals surface area contributed by atoms with E-state index in [4.69, 9.17) is 4.42 Å². The fraction of sp³-hybridized carbons (Fsp3) is 0.211. The van der Waals surface area contributed by atoms with Crippen LogP contribution in [0.2, 0.25) is 0 Å². The van der Waals surface area contributed by atoms with Crippen LogP contribution in [-0.4, -0.2) is 10.9 Å². The van der Waals surface area contributed by atoms with Crippen LogP contribution in [0.5, 0.6) is 0 Å². The predicted molar refractivity (Wildman–Crippen MR) is 96.4 cm³/mol. The summed E-state index contributed by atoms with van der Waals surface area (Å²) in [5.74, 6) is -0.300. The molecular formula is C19H18N2O4. The molecule has 0 saturated heterocycles. The molecule has 0 aliphatic heterocycles. The number of aromatic nitrogens is 1. The van der Waals surface area contributed by atoms with E-state index in [1.165, 1.54) is 18.2 Å². The molecule has 1 aromatic carbocycles. The lowest BCUT2D eigenvalue weighted by atomic mass is 10.1. The van der Waals surface area contributed by atoms with Crippen LogP contribution in [0.3, 0.4) is 0 Å². The van der Waals surface area contributed by atoms with E-state index in [0.717, 1.165) is 16.5 Å². The van der Waals surface area contributed by atoms with Gasteiger partial charge in [0.05, 0.1) is 5.56 Å². The number of pyridine rings is 1. The van der Waals surface area contributed by atoms with Crippen molar-refractivity contribution in [3.63, 3.8) is 0 Å². The van der Waals surface area contributed by atoms with Crippen LogP contribution in [0.4, 0.5) is 5.69 Å². The van der Waals surface area contributed by atoms with E-state index < -0.39 is 5.63 Å². The summed E-state index contributed by atoms with van der Waals surface area (Å²) in [5, 5.41) is 3.64. The highest BCUT2D eigenvalue weighted by Crippen LogP contribution is 2.25. The molecule has 2 aromatic heterocycles. The van der Waals surface area contributed by atoms with Crippen LogP contribution in [0, 0.1) is 13.8 Å². The molecule has 2 heterocycles. The number of anilines is 1. The van der Waals surface area contributed by atoms with Crippen molar-refractivity contribution in [1.29, 1.82) is 0 Å². The van der Waals surface area contributed by atoms with Gasteiger partial charge in [0.2, 0.25) is 5.56 Å². The Bertz CT molecular complexity index is 1090. The molecule has 0 atom stereocenters. The Kier molecular flexibility index (Phi) is 4.27. The summed E-state index contributed by atoms with van der Waals surface area (Å²) >= 11 is 0. The Morgan fingerprint density at radius 1 is 1.12 bits per heavy atom. The molecule has 6 nitrogen and oxygen atoms in total. The van der Waals surface area contributed by atoms with E-state index in [9.17, 15) is 14.4 Å². The number of carbonyl (C=O) groups is 1. The smallest absolute Gasteiger partial charge is 0.336 e. The Labute approximate surface area is 143 Å².